The van der Waals surface area contributed by atoms with E-state index in [2.05, 4.69) is 24.1 Å². The lowest BCUT2D eigenvalue weighted by atomic mass is 10.3. The highest BCUT2D eigenvalue weighted by atomic mass is 16.5. The summed E-state index contributed by atoms with van der Waals surface area (Å²) in [6, 6.07) is 7.54. The number of likely N-dealkylation sites (N-methyl/N-ethyl adjacent to an activating group) is 1. The van der Waals surface area contributed by atoms with Gasteiger partial charge in [0.25, 0.3) is 0 Å². The molecule has 0 saturated carbocycles. The number of benzene rings is 1. The van der Waals surface area contributed by atoms with Gasteiger partial charge in [-0.3, -0.25) is 0 Å². The van der Waals surface area contributed by atoms with E-state index in [1.165, 1.54) is 0 Å². The lowest BCUT2D eigenvalue weighted by Gasteiger charge is -2.34. The van der Waals surface area contributed by atoms with E-state index in [0.29, 0.717) is 6.61 Å². The number of carbonyl (C=O) groups is 1. The van der Waals surface area contributed by atoms with Crippen LogP contribution in [-0.4, -0.2) is 55.2 Å². The van der Waals surface area contributed by atoms with Crippen molar-refractivity contribution in [3.8, 4) is 5.75 Å². The third-order valence-electron chi connectivity index (χ3n) is 3.66. The van der Waals surface area contributed by atoms with Gasteiger partial charge in [0.15, 0.2) is 0 Å². The molecule has 5 heteroatoms. The molecule has 0 radical (unpaired) electrons. The Morgan fingerprint density at radius 1 is 1.24 bits per heavy atom. The molecule has 2 rings (SSSR count). The minimum absolute atomic E-state index is 0.0293. The molecule has 21 heavy (non-hydrogen) atoms. The van der Waals surface area contributed by atoms with Gasteiger partial charge in [-0.25, -0.2) is 4.79 Å². The number of hydrogen-bond donors (Lipinski definition) is 1. The van der Waals surface area contributed by atoms with Crippen LogP contribution < -0.4 is 10.1 Å². The van der Waals surface area contributed by atoms with Crippen LogP contribution in [0.25, 0.3) is 0 Å². The van der Waals surface area contributed by atoms with Gasteiger partial charge >= 0.3 is 6.03 Å². The fourth-order valence-electron chi connectivity index (χ4n) is 2.35. The summed E-state index contributed by atoms with van der Waals surface area (Å²) >= 11 is 0. The molecule has 0 bridgehead atoms. The first kappa shape index (κ1) is 15.6. The molecule has 0 aliphatic carbocycles. The van der Waals surface area contributed by atoms with Gasteiger partial charge in [-0.05, 0) is 25.1 Å². The zero-order valence-corrected chi connectivity index (χ0v) is 13.0. The number of piperazine rings is 1. The van der Waals surface area contributed by atoms with Gasteiger partial charge in [-0.15, -0.1) is 0 Å². The summed E-state index contributed by atoms with van der Waals surface area (Å²) in [5.74, 6) is 0.797. The van der Waals surface area contributed by atoms with Crippen LogP contribution in [0.4, 0.5) is 10.5 Å². The van der Waals surface area contributed by atoms with Gasteiger partial charge in [0.2, 0.25) is 0 Å². The van der Waals surface area contributed by atoms with Crippen molar-refractivity contribution in [2.45, 2.75) is 20.3 Å². The maximum absolute atomic E-state index is 12.2. The normalized spacial score (nSPS) is 15.8. The Bertz CT molecular complexity index is 457. The van der Waals surface area contributed by atoms with Gasteiger partial charge in [-0.1, -0.05) is 19.9 Å². The van der Waals surface area contributed by atoms with Crippen LogP contribution in [0, 0.1) is 0 Å². The van der Waals surface area contributed by atoms with E-state index in [1.807, 2.05) is 29.2 Å². The second-order valence-corrected chi connectivity index (χ2v) is 5.23. The standard InChI is InChI=1S/C16H25N3O2/c1-3-12-21-15-7-5-6-14(13-15)17-16(20)19-10-8-18(4-2)9-11-19/h5-7,13H,3-4,8-12H2,1-2H3,(H,17,20). The average molecular weight is 291 g/mol. The second kappa shape index (κ2) is 7.88. The first-order valence-corrected chi connectivity index (χ1v) is 7.74. The molecule has 5 nitrogen and oxygen atoms in total. The van der Waals surface area contributed by atoms with E-state index < -0.39 is 0 Å². The van der Waals surface area contributed by atoms with Gasteiger partial charge in [0, 0.05) is 37.9 Å². The number of hydrogen-bond acceptors (Lipinski definition) is 3. The number of ether oxygens (including phenoxy) is 1. The highest BCUT2D eigenvalue weighted by molar-refractivity contribution is 5.89. The summed E-state index contributed by atoms with van der Waals surface area (Å²) in [7, 11) is 0. The number of urea groups is 1. The second-order valence-electron chi connectivity index (χ2n) is 5.23. The number of rotatable bonds is 5. The molecule has 1 aromatic rings. The van der Waals surface area contributed by atoms with Gasteiger partial charge < -0.3 is 19.9 Å². The lowest BCUT2D eigenvalue weighted by molar-refractivity contribution is 0.151. The van der Waals surface area contributed by atoms with E-state index in [0.717, 1.165) is 50.6 Å². The van der Waals surface area contributed by atoms with E-state index >= 15 is 0 Å². The van der Waals surface area contributed by atoms with Crippen LogP contribution in [0.15, 0.2) is 24.3 Å². The first-order valence-electron chi connectivity index (χ1n) is 7.74. The third kappa shape index (κ3) is 4.63. The predicted octanol–water partition coefficient (Wildman–Crippen LogP) is 2.64. The zero-order valence-electron chi connectivity index (χ0n) is 13.0. The van der Waals surface area contributed by atoms with Crippen molar-refractivity contribution < 1.29 is 9.53 Å². The monoisotopic (exact) mass is 291 g/mol. The predicted molar refractivity (Wildman–Crippen MR) is 84.9 cm³/mol. The average Bonchev–Trinajstić information content (AvgIpc) is 2.53. The van der Waals surface area contributed by atoms with Crippen molar-refractivity contribution in [1.29, 1.82) is 0 Å². The molecule has 1 fully saturated rings. The van der Waals surface area contributed by atoms with Gasteiger partial charge in [0.1, 0.15) is 5.75 Å². The number of anilines is 1. The number of carbonyl (C=O) groups excluding carboxylic acids is 1. The van der Waals surface area contributed by atoms with Crippen LogP contribution >= 0.6 is 0 Å². The van der Waals surface area contributed by atoms with Crippen molar-refractivity contribution in [1.82, 2.24) is 9.80 Å². The molecule has 0 aromatic heterocycles. The molecular weight excluding hydrogens is 266 g/mol. The summed E-state index contributed by atoms with van der Waals surface area (Å²) in [5, 5.41) is 2.95. The largest absolute Gasteiger partial charge is 0.494 e. The van der Waals surface area contributed by atoms with Crippen molar-refractivity contribution in [2.24, 2.45) is 0 Å². The molecule has 1 saturated heterocycles. The van der Waals surface area contributed by atoms with Crippen LogP contribution in [0.3, 0.4) is 0 Å². The van der Waals surface area contributed by atoms with E-state index in [-0.39, 0.29) is 6.03 Å². The third-order valence-corrected chi connectivity index (χ3v) is 3.66. The molecule has 1 heterocycles. The molecule has 116 valence electrons. The Kier molecular flexibility index (Phi) is 5.87. The Balaban J connectivity index is 1.87. The molecule has 1 aromatic carbocycles. The zero-order chi connectivity index (χ0) is 15.1. The number of nitrogens with one attached hydrogen (secondary N) is 1. The molecule has 1 aliphatic heterocycles. The highest BCUT2D eigenvalue weighted by Crippen LogP contribution is 2.18. The summed E-state index contributed by atoms with van der Waals surface area (Å²) in [5.41, 5.74) is 0.784. The van der Waals surface area contributed by atoms with Gasteiger partial charge in [0.05, 0.1) is 6.61 Å². The van der Waals surface area contributed by atoms with Crippen LogP contribution in [0.2, 0.25) is 0 Å². The number of amides is 2. The Morgan fingerprint density at radius 3 is 2.67 bits per heavy atom. The van der Waals surface area contributed by atoms with Crippen molar-refractivity contribution in [3.05, 3.63) is 24.3 Å². The minimum Gasteiger partial charge on any atom is -0.494 e. The molecule has 2 amide bonds. The molecular formula is C16H25N3O2. The smallest absolute Gasteiger partial charge is 0.321 e. The van der Waals surface area contributed by atoms with Crippen LogP contribution in [0.1, 0.15) is 20.3 Å². The SMILES string of the molecule is CCCOc1cccc(NC(=O)N2CCN(CC)CC2)c1. The van der Waals surface area contributed by atoms with E-state index in [9.17, 15) is 4.79 Å². The van der Waals surface area contributed by atoms with Crippen molar-refractivity contribution in [2.75, 3.05) is 44.6 Å². The van der Waals surface area contributed by atoms with E-state index in [1.54, 1.807) is 0 Å². The molecule has 0 unspecified atom stereocenters. The number of nitrogens with zero attached hydrogens (tertiary/aromatic N) is 2. The summed E-state index contributed by atoms with van der Waals surface area (Å²) in [6.45, 7) is 9.42. The Morgan fingerprint density at radius 2 is 2.00 bits per heavy atom. The van der Waals surface area contributed by atoms with Crippen molar-refractivity contribution in [3.63, 3.8) is 0 Å². The van der Waals surface area contributed by atoms with Crippen LogP contribution in [0.5, 0.6) is 5.75 Å². The Labute approximate surface area is 126 Å². The maximum Gasteiger partial charge on any atom is 0.321 e. The fraction of sp³-hybridized carbons (Fsp3) is 0.562. The Hall–Kier alpha value is -1.75. The topological polar surface area (TPSA) is 44.8 Å². The van der Waals surface area contributed by atoms with Gasteiger partial charge in [-0.2, -0.15) is 0 Å². The minimum atomic E-state index is -0.0293. The lowest BCUT2D eigenvalue weighted by Crippen LogP contribution is -2.49. The van der Waals surface area contributed by atoms with Crippen molar-refractivity contribution >= 4 is 11.7 Å². The molecule has 1 aliphatic rings. The first-order chi connectivity index (χ1) is 10.2. The quantitative estimate of drug-likeness (QED) is 0.907. The molecule has 1 N–H and O–H groups in total. The molecule has 0 spiro atoms. The molecule has 0 atom stereocenters. The fourth-order valence-corrected chi connectivity index (χ4v) is 2.35. The summed E-state index contributed by atoms with van der Waals surface area (Å²) < 4.78 is 5.58. The maximum atomic E-state index is 12.2. The van der Waals surface area contributed by atoms with E-state index in [4.69, 9.17) is 4.74 Å². The summed E-state index contributed by atoms with van der Waals surface area (Å²) in [4.78, 5) is 16.5. The summed E-state index contributed by atoms with van der Waals surface area (Å²) in [6.07, 6.45) is 0.971. The van der Waals surface area contributed by atoms with Crippen LogP contribution in [-0.2, 0) is 0 Å². The highest BCUT2D eigenvalue weighted by Gasteiger charge is 2.20.